The van der Waals surface area contributed by atoms with Crippen LogP contribution in [0.25, 0.3) is 0 Å². The zero-order chi connectivity index (χ0) is 16.8. The smallest absolute Gasteiger partial charge is 0.321 e. The van der Waals surface area contributed by atoms with Gasteiger partial charge >= 0.3 is 6.03 Å². The van der Waals surface area contributed by atoms with Gasteiger partial charge in [-0.05, 0) is 42.5 Å². The number of amides is 3. The molecule has 1 heterocycles. The van der Waals surface area contributed by atoms with Crippen LogP contribution in [-0.2, 0) is 9.53 Å². The normalized spacial score (nSPS) is 20.9. The van der Waals surface area contributed by atoms with E-state index in [2.05, 4.69) is 24.5 Å². The first-order valence-corrected chi connectivity index (χ1v) is 7.92. The van der Waals surface area contributed by atoms with Gasteiger partial charge in [0, 0.05) is 31.6 Å². The Labute approximate surface area is 137 Å². The molecule has 126 valence electrons. The van der Waals surface area contributed by atoms with Crippen molar-refractivity contribution in [2.24, 2.45) is 11.8 Å². The number of likely N-dealkylation sites (tertiary alicyclic amines) is 1. The fraction of sp³-hybridized carbons (Fsp3) is 0.529. The van der Waals surface area contributed by atoms with E-state index < -0.39 is 0 Å². The van der Waals surface area contributed by atoms with Gasteiger partial charge in [0.15, 0.2) is 0 Å². The summed E-state index contributed by atoms with van der Waals surface area (Å²) in [7, 11) is 1.47. The zero-order valence-electron chi connectivity index (χ0n) is 14.0. The third-order valence-corrected chi connectivity index (χ3v) is 3.85. The highest BCUT2D eigenvalue weighted by Gasteiger charge is 2.25. The van der Waals surface area contributed by atoms with Crippen LogP contribution in [0.5, 0.6) is 0 Å². The molecule has 0 spiro atoms. The van der Waals surface area contributed by atoms with Crippen molar-refractivity contribution in [3.8, 4) is 0 Å². The predicted octanol–water partition coefficient (Wildman–Crippen LogP) is 2.78. The number of piperidine rings is 1. The Morgan fingerprint density at radius 3 is 2.13 bits per heavy atom. The lowest BCUT2D eigenvalue weighted by Crippen LogP contribution is -2.44. The fourth-order valence-electron chi connectivity index (χ4n) is 3.00. The Balaban J connectivity index is 1.90. The number of anilines is 2. The van der Waals surface area contributed by atoms with E-state index in [0.717, 1.165) is 13.1 Å². The van der Waals surface area contributed by atoms with Gasteiger partial charge in [-0.2, -0.15) is 0 Å². The Morgan fingerprint density at radius 1 is 1.09 bits per heavy atom. The molecule has 1 aromatic rings. The van der Waals surface area contributed by atoms with E-state index in [9.17, 15) is 9.59 Å². The van der Waals surface area contributed by atoms with Crippen molar-refractivity contribution in [2.75, 3.05) is 37.4 Å². The second kappa shape index (κ2) is 7.97. The summed E-state index contributed by atoms with van der Waals surface area (Å²) in [6.07, 6.45) is 1.17. The highest BCUT2D eigenvalue weighted by atomic mass is 16.5. The standard InChI is InChI=1S/C17H25N3O3/c1-12-8-13(2)10-20(9-12)17(22)19-15-6-4-14(5-7-15)18-16(21)11-23-3/h4-7,12-13H,8-11H2,1-3H3,(H,18,21)(H,19,22). The van der Waals surface area contributed by atoms with Crippen molar-refractivity contribution in [3.63, 3.8) is 0 Å². The van der Waals surface area contributed by atoms with Gasteiger partial charge in [-0.15, -0.1) is 0 Å². The van der Waals surface area contributed by atoms with E-state index in [0.29, 0.717) is 23.2 Å². The highest BCUT2D eigenvalue weighted by Crippen LogP contribution is 2.22. The van der Waals surface area contributed by atoms with Crippen LogP contribution in [-0.4, -0.2) is 43.6 Å². The van der Waals surface area contributed by atoms with E-state index in [1.165, 1.54) is 13.5 Å². The number of rotatable bonds is 4. The van der Waals surface area contributed by atoms with Gasteiger partial charge in [-0.25, -0.2) is 4.79 Å². The maximum atomic E-state index is 12.3. The molecule has 0 aliphatic carbocycles. The summed E-state index contributed by atoms with van der Waals surface area (Å²) in [5.41, 5.74) is 1.39. The molecule has 0 bridgehead atoms. The number of carbonyl (C=O) groups is 2. The molecule has 2 N–H and O–H groups in total. The summed E-state index contributed by atoms with van der Waals surface area (Å²) < 4.78 is 4.76. The van der Waals surface area contributed by atoms with Gasteiger partial charge in [-0.1, -0.05) is 13.8 Å². The number of benzene rings is 1. The molecule has 3 amide bonds. The van der Waals surface area contributed by atoms with Crippen molar-refractivity contribution in [3.05, 3.63) is 24.3 Å². The number of urea groups is 1. The number of methoxy groups -OCH3 is 1. The van der Waals surface area contributed by atoms with Gasteiger partial charge in [0.05, 0.1) is 0 Å². The molecule has 0 radical (unpaired) electrons. The monoisotopic (exact) mass is 319 g/mol. The minimum atomic E-state index is -0.208. The van der Waals surface area contributed by atoms with Gasteiger partial charge in [0.2, 0.25) is 5.91 Å². The van der Waals surface area contributed by atoms with Crippen molar-refractivity contribution >= 4 is 23.3 Å². The van der Waals surface area contributed by atoms with Crippen molar-refractivity contribution in [1.29, 1.82) is 0 Å². The largest absolute Gasteiger partial charge is 0.375 e. The maximum Gasteiger partial charge on any atom is 0.321 e. The average Bonchev–Trinajstić information content (AvgIpc) is 2.48. The lowest BCUT2D eigenvalue weighted by atomic mass is 9.92. The maximum absolute atomic E-state index is 12.3. The van der Waals surface area contributed by atoms with E-state index in [-0.39, 0.29) is 18.5 Å². The lowest BCUT2D eigenvalue weighted by Gasteiger charge is -2.34. The minimum absolute atomic E-state index is 0.0177. The molecule has 23 heavy (non-hydrogen) atoms. The molecule has 1 aliphatic rings. The third kappa shape index (κ3) is 5.25. The zero-order valence-corrected chi connectivity index (χ0v) is 14.0. The van der Waals surface area contributed by atoms with Crippen LogP contribution < -0.4 is 10.6 Å². The quantitative estimate of drug-likeness (QED) is 0.896. The lowest BCUT2D eigenvalue weighted by molar-refractivity contribution is -0.119. The summed E-state index contributed by atoms with van der Waals surface area (Å²) in [5, 5.41) is 5.62. The van der Waals surface area contributed by atoms with Gasteiger partial charge in [0.25, 0.3) is 0 Å². The molecule has 2 rings (SSSR count). The van der Waals surface area contributed by atoms with Crippen LogP contribution in [0.3, 0.4) is 0 Å². The van der Waals surface area contributed by atoms with Gasteiger partial charge in [0.1, 0.15) is 6.61 Å². The molecule has 2 unspecified atom stereocenters. The molecule has 2 atom stereocenters. The molecule has 1 fully saturated rings. The fourth-order valence-corrected chi connectivity index (χ4v) is 3.00. The van der Waals surface area contributed by atoms with Gasteiger partial charge in [-0.3, -0.25) is 4.79 Å². The van der Waals surface area contributed by atoms with Crippen LogP contribution in [0.4, 0.5) is 16.2 Å². The third-order valence-electron chi connectivity index (χ3n) is 3.85. The summed E-state index contributed by atoms with van der Waals surface area (Å²) in [4.78, 5) is 25.6. The topological polar surface area (TPSA) is 70.7 Å². The van der Waals surface area contributed by atoms with Crippen molar-refractivity contribution in [1.82, 2.24) is 4.90 Å². The second-order valence-electron chi connectivity index (χ2n) is 6.34. The number of hydrogen-bond acceptors (Lipinski definition) is 3. The number of nitrogens with zero attached hydrogens (tertiary/aromatic N) is 1. The molecule has 1 aromatic carbocycles. The SMILES string of the molecule is COCC(=O)Nc1ccc(NC(=O)N2CC(C)CC(C)C2)cc1. The first-order valence-electron chi connectivity index (χ1n) is 7.92. The molecule has 0 aromatic heterocycles. The van der Waals surface area contributed by atoms with Crippen LogP contribution >= 0.6 is 0 Å². The molecular formula is C17H25N3O3. The average molecular weight is 319 g/mol. The summed E-state index contributed by atoms with van der Waals surface area (Å²) >= 11 is 0. The van der Waals surface area contributed by atoms with E-state index in [1.54, 1.807) is 24.3 Å². The predicted molar refractivity (Wildman–Crippen MR) is 90.5 cm³/mol. The number of ether oxygens (including phenoxy) is 1. The molecule has 6 heteroatoms. The van der Waals surface area contributed by atoms with E-state index in [1.807, 2.05) is 4.90 Å². The van der Waals surface area contributed by atoms with Crippen LogP contribution in [0.15, 0.2) is 24.3 Å². The van der Waals surface area contributed by atoms with Gasteiger partial charge < -0.3 is 20.3 Å². The number of hydrogen-bond donors (Lipinski definition) is 2. The van der Waals surface area contributed by atoms with Crippen LogP contribution in [0, 0.1) is 11.8 Å². The molecule has 6 nitrogen and oxygen atoms in total. The molecule has 1 aliphatic heterocycles. The Bertz CT molecular complexity index is 535. The first-order chi connectivity index (χ1) is 11.0. The van der Waals surface area contributed by atoms with Crippen LogP contribution in [0.1, 0.15) is 20.3 Å². The Morgan fingerprint density at radius 2 is 1.61 bits per heavy atom. The van der Waals surface area contributed by atoms with Crippen molar-refractivity contribution < 1.29 is 14.3 Å². The first kappa shape index (κ1) is 17.3. The Kier molecular flexibility index (Phi) is 5.98. The van der Waals surface area contributed by atoms with Crippen molar-refractivity contribution in [2.45, 2.75) is 20.3 Å². The van der Waals surface area contributed by atoms with E-state index >= 15 is 0 Å². The summed E-state index contributed by atoms with van der Waals surface area (Å²) in [5.74, 6) is 0.853. The van der Waals surface area contributed by atoms with Crippen LogP contribution in [0.2, 0.25) is 0 Å². The number of nitrogens with one attached hydrogen (secondary N) is 2. The molecule has 0 saturated carbocycles. The second-order valence-corrected chi connectivity index (χ2v) is 6.34. The highest BCUT2D eigenvalue weighted by molar-refractivity contribution is 5.93. The molecular weight excluding hydrogens is 294 g/mol. The molecule has 1 saturated heterocycles. The Hall–Kier alpha value is -2.08. The summed E-state index contributed by atoms with van der Waals surface area (Å²) in [6, 6.07) is 6.99. The minimum Gasteiger partial charge on any atom is -0.375 e. The van der Waals surface area contributed by atoms with E-state index in [4.69, 9.17) is 4.74 Å². The number of carbonyl (C=O) groups excluding carboxylic acids is 2. The summed E-state index contributed by atoms with van der Waals surface area (Å²) in [6.45, 7) is 5.95.